The number of aryl methyl sites for hydroxylation is 3. The number of hydrogen-bond acceptors (Lipinski definition) is 5. The molecule has 1 amide bonds. The fourth-order valence-electron chi connectivity index (χ4n) is 2.15. The average molecular weight is 290 g/mol. The monoisotopic (exact) mass is 290 g/mol. The number of nitrogens with one attached hydrogen (secondary N) is 1. The van der Waals surface area contributed by atoms with E-state index in [2.05, 4.69) is 15.5 Å². The molecule has 0 saturated heterocycles. The van der Waals surface area contributed by atoms with Crippen molar-refractivity contribution in [2.75, 3.05) is 11.1 Å². The number of carbonyl (C=O) groups is 1. The molecule has 0 fully saturated rings. The van der Waals surface area contributed by atoms with Gasteiger partial charge in [-0.15, -0.1) is 11.3 Å². The zero-order chi connectivity index (χ0) is 14.4. The summed E-state index contributed by atoms with van der Waals surface area (Å²) in [6, 6.07) is 1.73. The molecule has 104 valence electrons. The molecule has 0 unspecified atom stereocenters. The minimum Gasteiger partial charge on any atom is -0.397 e. The average Bonchev–Trinajstić information content (AvgIpc) is 3.00. The SMILES string of the molecule is Cc1nn(C)c2sc(C(=O)Nc3ccn(C)n3)c(N)c12. The van der Waals surface area contributed by atoms with Crippen LogP contribution in [-0.4, -0.2) is 25.5 Å². The number of rotatable bonds is 2. The lowest BCUT2D eigenvalue weighted by molar-refractivity contribution is 0.103. The second kappa shape index (κ2) is 4.34. The highest BCUT2D eigenvalue weighted by Crippen LogP contribution is 2.35. The Balaban J connectivity index is 1.99. The molecule has 0 saturated carbocycles. The van der Waals surface area contributed by atoms with Crippen molar-refractivity contribution < 1.29 is 4.79 Å². The third kappa shape index (κ3) is 1.85. The summed E-state index contributed by atoms with van der Waals surface area (Å²) in [6.45, 7) is 1.88. The van der Waals surface area contributed by atoms with Gasteiger partial charge in [0.15, 0.2) is 5.82 Å². The summed E-state index contributed by atoms with van der Waals surface area (Å²) in [4.78, 5) is 13.7. The maximum Gasteiger partial charge on any atom is 0.269 e. The molecule has 0 radical (unpaired) electrons. The second-order valence-corrected chi connectivity index (χ2v) is 5.56. The number of anilines is 2. The number of nitrogens with zero attached hydrogens (tertiary/aromatic N) is 4. The Morgan fingerprint density at radius 3 is 2.75 bits per heavy atom. The van der Waals surface area contributed by atoms with Crippen molar-refractivity contribution in [2.45, 2.75) is 6.92 Å². The first kappa shape index (κ1) is 12.7. The van der Waals surface area contributed by atoms with Crippen LogP contribution in [0.2, 0.25) is 0 Å². The lowest BCUT2D eigenvalue weighted by atomic mass is 10.2. The van der Waals surface area contributed by atoms with Gasteiger partial charge in [-0.1, -0.05) is 0 Å². The van der Waals surface area contributed by atoms with Gasteiger partial charge in [0.25, 0.3) is 5.91 Å². The summed E-state index contributed by atoms with van der Waals surface area (Å²) in [5.41, 5.74) is 7.39. The Bertz CT molecular complexity index is 811. The van der Waals surface area contributed by atoms with Gasteiger partial charge in [0.2, 0.25) is 0 Å². The van der Waals surface area contributed by atoms with Crippen LogP contribution in [0.5, 0.6) is 0 Å². The van der Waals surface area contributed by atoms with Crippen molar-refractivity contribution in [1.29, 1.82) is 0 Å². The van der Waals surface area contributed by atoms with Crippen LogP contribution in [0.3, 0.4) is 0 Å². The van der Waals surface area contributed by atoms with Gasteiger partial charge >= 0.3 is 0 Å². The van der Waals surface area contributed by atoms with Gasteiger partial charge < -0.3 is 11.1 Å². The van der Waals surface area contributed by atoms with Crippen LogP contribution in [-0.2, 0) is 14.1 Å². The van der Waals surface area contributed by atoms with Crippen molar-refractivity contribution in [3.05, 3.63) is 22.8 Å². The summed E-state index contributed by atoms with van der Waals surface area (Å²) >= 11 is 1.33. The number of fused-ring (bicyclic) bond motifs is 1. The van der Waals surface area contributed by atoms with Crippen LogP contribution < -0.4 is 11.1 Å². The van der Waals surface area contributed by atoms with Crippen molar-refractivity contribution in [3.8, 4) is 0 Å². The Morgan fingerprint density at radius 1 is 1.40 bits per heavy atom. The smallest absolute Gasteiger partial charge is 0.269 e. The van der Waals surface area contributed by atoms with Crippen LogP contribution in [0.4, 0.5) is 11.5 Å². The molecule has 3 N–H and O–H groups in total. The highest BCUT2D eigenvalue weighted by molar-refractivity contribution is 7.21. The van der Waals surface area contributed by atoms with E-state index < -0.39 is 0 Å². The minimum atomic E-state index is -0.248. The number of thiophene rings is 1. The maximum atomic E-state index is 12.3. The van der Waals surface area contributed by atoms with E-state index in [1.54, 1.807) is 28.7 Å². The molecule has 0 bridgehead atoms. The topological polar surface area (TPSA) is 90.8 Å². The molecule has 0 aromatic carbocycles. The van der Waals surface area contributed by atoms with Crippen molar-refractivity contribution in [1.82, 2.24) is 19.6 Å². The van der Waals surface area contributed by atoms with Gasteiger partial charge in [-0.2, -0.15) is 10.2 Å². The number of amides is 1. The first-order valence-corrected chi connectivity index (χ1v) is 6.81. The zero-order valence-corrected chi connectivity index (χ0v) is 12.2. The van der Waals surface area contributed by atoms with Crippen molar-refractivity contribution in [2.24, 2.45) is 14.1 Å². The summed E-state index contributed by atoms with van der Waals surface area (Å²) in [7, 11) is 3.63. The summed E-state index contributed by atoms with van der Waals surface area (Å²) in [6.07, 6.45) is 1.76. The van der Waals surface area contributed by atoms with Gasteiger partial charge in [0, 0.05) is 26.4 Å². The Kier molecular flexibility index (Phi) is 2.75. The minimum absolute atomic E-state index is 0.248. The Hall–Kier alpha value is -2.35. The fraction of sp³-hybridized carbons (Fsp3) is 0.250. The molecule has 3 aromatic heterocycles. The molecule has 0 atom stereocenters. The summed E-state index contributed by atoms with van der Waals surface area (Å²) in [5.74, 6) is 0.256. The molecule has 0 aliphatic rings. The molecular formula is C12H14N6OS. The molecule has 8 heteroatoms. The standard InChI is InChI=1S/C12H14N6OS/c1-6-8-9(13)10(20-12(8)18(3)15-6)11(19)14-7-4-5-17(2)16-7/h4-5H,13H2,1-3H3,(H,14,16,19). The lowest BCUT2D eigenvalue weighted by Crippen LogP contribution is -2.12. The Labute approximate surface area is 119 Å². The second-order valence-electron chi connectivity index (χ2n) is 4.56. The van der Waals surface area contributed by atoms with Crippen LogP contribution >= 0.6 is 11.3 Å². The molecule has 0 spiro atoms. The molecule has 3 heterocycles. The zero-order valence-electron chi connectivity index (χ0n) is 11.3. The van der Waals surface area contributed by atoms with Gasteiger partial charge in [-0.3, -0.25) is 14.2 Å². The van der Waals surface area contributed by atoms with E-state index in [4.69, 9.17) is 5.73 Å². The highest BCUT2D eigenvalue weighted by atomic mass is 32.1. The van der Waals surface area contributed by atoms with Crippen LogP contribution in [0, 0.1) is 6.92 Å². The number of aromatic nitrogens is 4. The van der Waals surface area contributed by atoms with Gasteiger partial charge in [-0.05, 0) is 6.92 Å². The van der Waals surface area contributed by atoms with Gasteiger partial charge in [-0.25, -0.2) is 0 Å². The quantitative estimate of drug-likeness (QED) is 0.748. The molecular weight excluding hydrogens is 276 g/mol. The third-order valence-electron chi connectivity index (χ3n) is 3.04. The third-order valence-corrected chi connectivity index (χ3v) is 4.31. The molecule has 0 aliphatic heterocycles. The van der Waals surface area contributed by atoms with E-state index >= 15 is 0 Å². The number of nitrogen functional groups attached to an aromatic ring is 1. The predicted molar refractivity (Wildman–Crippen MR) is 78.9 cm³/mol. The molecule has 7 nitrogen and oxygen atoms in total. The maximum absolute atomic E-state index is 12.3. The molecule has 3 rings (SSSR count). The normalized spacial score (nSPS) is 11.2. The summed E-state index contributed by atoms with van der Waals surface area (Å²) < 4.78 is 3.36. The van der Waals surface area contributed by atoms with E-state index in [1.807, 2.05) is 14.0 Å². The van der Waals surface area contributed by atoms with Crippen molar-refractivity contribution >= 4 is 39.0 Å². The molecule has 0 aliphatic carbocycles. The van der Waals surface area contributed by atoms with Gasteiger partial charge in [0.1, 0.15) is 9.71 Å². The van der Waals surface area contributed by atoms with E-state index in [-0.39, 0.29) is 5.91 Å². The van der Waals surface area contributed by atoms with Gasteiger partial charge in [0.05, 0.1) is 16.8 Å². The highest BCUT2D eigenvalue weighted by Gasteiger charge is 2.21. The Morgan fingerprint density at radius 2 is 2.15 bits per heavy atom. The first-order chi connectivity index (χ1) is 9.47. The van der Waals surface area contributed by atoms with E-state index in [0.717, 1.165) is 15.9 Å². The predicted octanol–water partition coefficient (Wildman–Crippen LogP) is 1.51. The fourth-order valence-corrected chi connectivity index (χ4v) is 3.23. The van der Waals surface area contributed by atoms with E-state index in [0.29, 0.717) is 16.4 Å². The van der Waals surface area contributed by atoms with Crippen LogP contribution in [0.25, 0.3) is 10.2 Å². The molecule has 20 heavy (non-hydrogen) atoms. The van der Waals surface area contributed by atoms with E-state index in [1.165, 1.54) is 11.3 Å². The first-order valence-electron chi connectivity index (χ1n) is 6.00. The largest absolute Gasteiger partial charge is 0.397 e. The van der Waals surface area contributed by atoms with Crippen LogP contribution in [0.1, 0.15) is 15.4 Å². The van der Waals surface area contributed by atoms with Crippen LogP contribution in [0.15, 0.2) is 12.3 Å². The number of nitrogens with two attached hydrogens (primary N) is 1. The lowest BCUT2D eigenvalue weighted by Gasteiger charge is -2.00. The summed E-state index contributed by atoms with van der Waals surface area (Å²) in [5, 5.41) is 12.0. The molecule has 3 aromatic rings. The van der Waals surface area contributed by atoms with Crippen molar-refractivity contribution in [3.63, 3.8) is 0 Å². The number of hydrogen-bond donors (Lipinski definition) is 2. The van der Waals surface area contributed by atoms with E-state index in [9.17, 15) is 4.79 Å². The number of carbonyl (C=O) groups excluding carboxylic acids is 1.